The van der Waals surface area contributed by atoms with Gasteiger partial charge in [0, 0.05) is 43.2 Å². The summed E-state index contributed by atoms with van der Waals surface area (Å²) in [6.07, 6.45) is 6.22. The van der Waals surface area contributed by atoms with Gasteiger partial charge in [0.25, 0.3) is 0 Å². The molecule has 1 aliphatic carbocycles. The summed E-state index contributed by atoms with van der Waals surface area (Å²) in [5.41, 5.74) is 2.34. The van der Waals surface area contributed by atoms with Crippen LogP contribution in [0.5, 0.6) is 0 Å². The second kappa shape index (κ2) is 7.12. The van der Waals surface area contributed by atoms with Gasteiger partial charge in [-0.25, -0.2) is 0 Å². The Balaban J connectivity index is 1.37. The third kappa shape index (κ3) is 3.69. The van der Waals surface area contributed by atoms with Crippen molar-refractivity contribution < 1.29 is 4.79 Å². The van der Waals surface area contributed by atoms with E-state index in [0.717, 1.165) is 50.8 Å². The molecule has 4 heteroatoms. The van der Waals surface area contributed by atoms with Crippen LogP contribution in [0.3, 0.4) is 0 Å². The molecule has 1 amide bonds. The quantitative estimate of drug-likeness (QED) is 0.910. The Labute approximate surface area is 149 Å². The maximum atomic E-state index is 12.3. The molecule has 1 saturated heterocycles. The molecule has 2 fully saturated rings. The highest BCUT2D eigenvalue weighted by Gasteiger charge is 2.37. The van der Waals surface area contributed by atoms with E-state index in [1.54, 1.807) is 0 Å². The molecular formula is C21H27N3O. The minimum Gasteiger partial charge on any atom is -0.342 e. The van der Waals surface area contributed by atoms with Gasteiger partial charge in [-0.15, -0.1) is 0 Å². The lowest BCUT2D eigenvalue weighted by molar-refractivity contribution is -0.134. The number of amides is 1. The summed E-state index contributed by atoms with van der Waals surface area (Å²) in [6.45, 7) is 4.95. The van der Waals surface area contributed by atoms with Crippen molar-refractivity contribution in [1.29, 1.82) is 0 Å². The molecule has 2 heterocycles. The largest absolute Gasteiger partial charge is 0.342 e. The van der Waals surface area contributed by atoms with E-state index >= 15 is 0 Å². The van der Waals surface area contributed by atoms with Crippen LogP contribution in [-0.2, 0) is 11.3 Å². The number of pyridine rings is 1. The summed E-state index contributed by atoms with van der Waals surface area (Å²) in [4.78, 5) is 18.8. The lowest BCUT2D eigenvalue weighted by Gasteiger charge is -2.39. The van der Waals surface area contributed by atoms with Crippen LogP contribution in [0, 0.1) is 11.8 Å². The van der Waals surface area contributed by atoms with E-state index in [-0.39, 0.29) is 0 Å². The van der Waals surface area contributed by atoms with Crippen molar-refractivity contribution in [2.45, 2.75) is 45.2 Å². The molecule has 0 bridgehead atoms. The number of hydrogen-bond donors (Lipinski definition) is 1. The fourth-order valence-electron chi connectivity index (χ4n) is 3.99. The highest BCUT2D eigenvalue weighted by Crippen LogP contribution is 2.33. The highest BCUT2D eigenvalue weighted by molar-refractivity contribution is 5.81. The van der Waals surface area contributed by atoms with Crippen LogP contribution in [-0.4, -0.2) is 34.9 Å². The van der Waals surface area contributed by atoms with E-state index < -0.39 is 0 Å². The molecule has 1 N–H and O–H groups in total. The van der Waals surface area contributed by atoms with Gasteiger partial charge in [-0.2, -0.15) is 0 Å². The molecule has 4 nitrogen and oxygen atoms in total. The van der Waals surface area contributed by atoms with Crippen molar-refractivity contribution in [2.75, 3.05) is 13.1 Å². The number of likely N-dealkylation sites (tertiary alicyclic amines) is 1. The van der Waals surface area contributed by atoms with Crippen LogP contribution in [0.2, 0.25) is 0 Å². The van der Waals surface area contributed by atoms with Crippen molar-refractivity contribution in [1.82, 2.24) is 15.2 Å². The molecule has 1 aromatic carbocycles. The van der Waals surface area contributed by atoms with E-state index in [1.165, 1.54) is 10.9 Å². The predicted molar refractivity (Wildman–Crippen MR) is 100 cm³/mol. The Morgan fingerprint density at radius 3 is 2.96 bits per heavy atom. The molecule has 4 rings (SSSR count). The van der Waals surface area contributed by atoms with Crippen LogP contribution in [0.15, 0.2) is 36.5 Å². The number of fused-ring (bicyclic) bond motifs is 1. The Morgan fingerprint density at radius 2 is 2.16 bits per heavy atom. The number of carbonyl (C=O) groups is 1. The number of piperidine rings is 1. The Bertz CT molecular complexity index is 756. The van der Waals surface area contributed by atoms with Gasteiger partial charge in [0.15, 0.2) is 0 Å². The van der Waals surface area contributed by atoms with Crippen LogP contribution in [0.4, 0.5) is 0 Å². The molecule has 1 aromatic heterocycles. The SMILES string of the molecule is CC[C@H]1CN(C(=O)C2CC2)CC[C@@H]1NCc1ccc2ncccc2c1. The standard InChI is InChI=1S/C21H27N3O/c1-2-16-14-24(21(25)17-6-7-17)11-9-20(16)23-13-15-5-8-19-18(12-15)4-3-10-22-19/h3-5,8,10,12,16-17,20,23H,2,6-7,9,11,13-14H2,1H3/t16-,20-/m0/s1. The van der Waals surface area contributed by atoms with Gasteiger partial charge in [-0.05, 0) is 48.9 Å². The van der Waals surface area contributed by atoms with Crippen LogP contribution < -0.4 is 5.32 Å². The molecule has 2 aliphatic rings. The number of rotatable bonds is 5. The van der Waals surface area contributed by atoms with Gasteiger partial charge in [-0.1, -0.05) is 25.5 Å². The van der Waals surface area contributed by atoms with E-state index in [0.29, 0.717) is 23.8 Å². The number of benzene rings is 1. The van der Waals surface area contributed by atoms with Crippen molar-refractivity contribution in [3.63, 3.8) is 0 Å². The molecule has 2 atom stereocenters. The zero-order valence-corrected chi connectivity index (χ0v) is 14.9. The second-order valence-electron chi connectivity index (χ2n) is 7.53. The summed E-state index contributed by atoms with van der Waals surface area (Å²) in [5.74, 6) is 1.30. The van der Waals surface area contributed by atoms with Gasteiger partial charge >= 0.3 is 0 Å². The van der Waals surface area contributed by atoms with Crippen LogP contribution in [0.1, 0.15) is 38.2 Å². The van der Waals surface area contributed by atoms with E-state index in [9.17, 15) is 4.79 Å². The summed E-state index contributed by atoms with van der Waals surface area (Å²) in [6, 6.07) is 11.1. The third-order valence-electron chi connectivity index (χ3n) is 5.73. The van der Waals surface area contributed by atoms with Gasteiger partial charge in [0.1, 0.15) is 0 Å². The van der Waals surface area contributed by atoms with E-state index in [1.807, 2.05) is 12.3 Å². The Kier molecular flexibility index (Phi) is 4.71. The van der Waals surface area contributed by atoms with E-state index in [2.05, 4.69) is 46.4 Å². The Morgan fingerprint density at radius 1 is 1.28 bits per heavy atom. The molecule has 1 saturated carbocycles. The second-order valence-corrected chi connectivity index (χ2v) is 7.53. The molecule has 0 unspecified atom stereocenters. The molecule has 1 aliphatic heterocycles. The fraction of sp³-hybridized carbons (Fsp3) is 0.524. The zero-order chi connectivity index (χ0) is 17.2. The molecule has 0 radical (unpaired) electrons. The molecular weight excluding hydrogens is 310 g/mol. The van der Waals surface area contributed by atoms with Gasteiger partial charge < -0.3 is 10.2 Å². The lowest BCUT2D eigenvalue weighted by Crippen LogP contribution is -2.51. The maximum absolute atomic E-state index is 12.3. The van der Waals surface area contributed by atoms with Crippen molar-refractivity contribution in [3.05, 3.63) is 42.1 Å². The minimum absolute atomic E-state index is 0.341. The first kappa shape index (κ1) is 16.5. The predicted octanol–water partition coefficient (Wildman–Crippen LogP) is 3.36. The monoisotopic (exact) mass is 337 g/mol. The van der Waals surface area contributed by atoms with Crippen LogP contribution >= 0.6 is 0 Å². The molecule has 0 spiro atoms. The third-order valence-corrected chi connectivity index (χ3v) is 5.73. The van der Waals surface area contributed by atoms with Crippen LogP contribution in [0.25, 0.3) is 10.9 Å². The first-order valence-corrected chi connectivity index (χ1v) is 9.60. The number of nitrogens with one attached hydrogen (secondary N) is 1. The highest BCUT2D eigenvalue weighted by atomic mass is 16.2. The molecule has 25 heavy (non-hydrogen) atoms. The molecule has 2 aromatic rings. The number of nitrogens with zero attached hydrogens (tertiary/aromatic N) is 2. The van der Waals surface area contributed by atoms with Crippen molar-refractivity contribution in [2.24, 2.45) is 11.8 Å². The summed E-state index contributed by atoms with van der Waals surface area (Å²) >= 11 is 0. The number of carbonyl (C=O) groups excluding carboxylic acids is 1. The van der Waals surface area contributed by atoms with Gasteiger partial charge in [-0.3, -0.25) is 9.78 Å². The first-order valence-electron chi connectivity index (χ1n) is 9.60. The van der Waals surface area contributed by atoms with Gasteiger partial charge in [0.05, 0.1) is 5.52 Å². The lowest BCUT2D eigenvalue weighted by atomic mass is 9.89. The summed E-state index contributed by atoms with van der Waals surface area (Å²) in [5, 5.41) is 4.94. The average Bonchev–Trinajstić information content (AvgIpc) is 3.50. The topological polar surface area (TPSA) is 45.2 Å². The Hall–Kier alpha value is -1.94. The fourth-order valence-corrected chi connectivity index (χ4v) is 3.99. The van der Waals surface area contributed by atoms with E-state index in [4.69, 9.17) is 0 Å². The first-order chi connectivity index (χ1) is 12.2. The summed E-state index contributed by atoms with van der Waals surface area (Å²) < 4.78 is 0. The average molecular weight is 337 g/mol. The number of aromatic nitrogens is 1. The van der Waals surface area contributed by atoms with Crippen molar-refractivity contribution in [3.8, 4) is 0 Å². The molecule has 132 valence electrons. The maximum Gasteiger partial charge on any atom is 0.225 e. The minimum atomic E-state index is 0.341. The summed E-state index contributed by atoms with van der Waals surface area (Å²) in [7, 11) is 0. The smallest absolute Gasteiger partial charge is 0.225 e. The van der Waals surface area contributed by atoms with Crippen molar-refractivity contribution >= 4 is 16.8 Å². The zero-order valence-electron chi connectivity index (χ0n) is 14.9. The number of hydrogen-bond acceptors (Lipinski definition) is 3. The normalized spacial score (nSPS) is 23.8. The van der Waals surface area contributed by atoms with Gasteiger partial charge in [0.2, 0.25) is 5.91 Å².